The Labute approximate surface area is 94.5 Å². The van der Waals surface area contributed by atoms with Crippen LogP contribution in [0.25, 0.3) is 0 Å². The van der Waals surface area contributed by atoms with Crippen LogP contribution in [0.4, 0.5) is 0 Å². The van der Waals surface area contributed by atoms with E-state index >= 15 is 0 Å². The van der Waals surface area contributed by atoms with Crippen LogP contribution in [0, 0.1) is 13.8 Å². The van der Waals surface area contributed by atoms with E-state index in [2.05, 4.69) is 0 Å². The van der Waals surface area contributed by atoms with Gasteiger partial charge in [0.2, 0.25) is 0 Å². The number of para-hydroxylation sites is 1. The molecule has 1 unspecified atom stereocenters. The first-order valence-corrected chi connectivity index (χ1v) is 5.09. The molecule has 0 bridgehead atoms. The van der Waals surface area contributed by atoms with Gasteiger partial charge in [0.05, 0.1) is 12.5 Å². The summed E-state index contributed by atoms with van der Waals surface area (Å²) in [5.41, 5.74) is 1.95. The Balaban J connectivity index is 2.57. The number of ether oxygens (including phenoxy) is 1. The molecular weight excluding hydrogens is 208 g/mol. The van der Waals surface area contributed by atoms with E-state index in [1.54, 1.807) is 0 Å². The number of carbonyl (C=O) groups is 1. The lowest BCUT2D eigenvalue weighted by molar-refractivity contribution is -0.139. The van der Waals surface area contributed by atoms with Crippen molar-refractivity contribution >= 4 is 5.97 Å². The number of aliphatic carboxylic acids is 1. The number of aryl methyl sites for hydroxylation is 2. The second kappa shape index (κ2) is 5.51. The van der Waals surface area contributed by atoms with Crippen LogP contribution in [0.2, 0.25) is 0 Å². The molecule has 16 heavy (non-hydrogen) atoms. The quantitative estimate of drug-likeness (QED) is 0.795. The highest BCUT2D eigenvalue weighted by molar-refractivity contribution is 5.67. The molecule has 0 amide bonds. The number of aliphatic hydroxyl groups excluding tert-OH is 1. The largest absolute Gasteiger partial charge is 0.490 e. The summed E-state index contributed by atoms with van der Waals surface area (Å²) < 4.78 is 5.42. The van der Waals surface area contributed by atoms with Gasteiger partial charge in [-0.2, -0.15) is 0 Å². The first-order chi connectivity index (χ1) is 7.50. The summed E-state index contributed by atoms with van der Waals surface area (Å²) in [6, 6.07) is 5.74. The van der Waals surface area contributed by atoms with Gasteiger partial charge in [0, 0.05) is 0 Å². The van der Waals surface area contributed by atoms with Gasteiger partial charge in [0.1, 0.15) is 12.4 Å². The van der Waals surface area contributed by atoms with Crippen molar-refractivity contribution in [2.45, 2.75) is 26.4 Å². The van der Waals surface area contributed by atoms with E-state index in [0.717, 1.165) is 11.1 Å². The topological polar surface area (TPSA) is 66.8 Å². The lowest BCUT2D eigenvalue weighted by Gasteiger charge is -2.14. The van der Waals surface area contributed by atoms with E-state index in [-0.39, 0.29) is 13.0 Å². The smallest absolute Gasteiger partial charge is 0.306 e. The molecule has 0 aromatic heterocycles. The number of benzene rings is 1. The fourth-order valence-electron chi connectivity index (χ4n) is 1.47. The molecule has 0 heterocycles. The number of hydrogen-bond donors (Lipinski definition) is 2. The van der Waals surface area contributed by atoms with Crippen molar-refractivity contribution in [1.82, 2.24) is 0 Å². The third-order valence-electron chi connectivity index (χ3n) is 2.24. The monoisotopic (exact) mass is 224 g/mol. The minimum absolute atomic E-state index is 0.00199. The maximum Gasteiger partial charge on any atom is 0.306 e. The third-order valence-corrected chi connectivity index (χ3v) is 2.24. The van der Waals surface area contributed by atoms with E-state index in [4.69, 9.17) is 9.84 Å². The summed E-state index contributed by atoms with van der Waals surface area (Å²) in [6.45, 7) is 3.82. The molecule has 0 fully saturated rings. The lowest BCUT2D eigenvalue weighted by Crippen LogP contribution is -2.21. The summed E-state index contributed by atoms with van der Waals surface area (Å²) in [5, 5.41) is 17.8. The maximum absolute atomic E-state index is 10.3. The number of carboxylic acid groups (broad SMARTS) is 1. The summed E-state index contributed by atoms with van der Waals surface area (Å²) in [5.74, 6) is -0.315. The Hall–Kier alpha value is -1.55. The zero-order valence-corrected chi connectivity index (χ0v) is 9.43. The van der Waals surface area contributed by atoms with Crippen molar-refractivity contribution in [1.29, 1.82) is 0 Å². The SMILES string of the molecule is Cc1cccc(C)c1OCC(O)CC(=O)O. The van der Waals surface area contributed by atoms with Crippen LogP contribution in [0.1, 0.15) is 17.5 Å². The van der Waals surface area contributed by atoms with Crippen molar-refractivity contribution in [2.24, 2.45) is 0 Å². The van der Waals surface area contributed by atoms with E-state index < -0.39 is 12.1 Å². The Kier molecular flexibility index (Phi) is 4.31. The molecule has 2 N–H and O–H groups in total. The number of carboxylic acids is 1. The third kappa shape index (κ3) is 3.55. The van der Waals surface area contributed by atoms with Gasteiger partial charge in [-0.3, -0.25) is 4.79 Å². The summed E-state index contributed by atoms with van der Waals surface area (Å²) in [6.07, 6.45) is -1.28. The van der Waals surface area contributed by atoms with Crippen LogP contribution >= 0.6 is 0 Å². The van der Waals surface area contributed by atoms with E-state index in [9.17, 15) is 9.90 Å². The number of aliphatic hydroxyl groups is 1. The van der Waals surface area contributed by atoms with Gasteiger partial charge in [0.25, 0.3) is 0 Å². The molecule has 1 rings (SSSR count). The lowest BCUT2D eigenvalue weighted by atomic mass is 10.1. The highest BCUT2D eigenvalue weighted by atomic mass is 16.5. The van der Waals surface area contributed by atoms with Gasteiger partial charge in [-0.05, 0) is 25.0 Å². The maximum atomic E-state index is 10.3. The van der Waals surface area contributed by atoms with Crippen LogP contribution < -0.4 is 4.74 Å². The normalized spacial score (nSPS) is 12.2. The highest BCUT2D eigenvalue weighted by Gasteiger charge is 2.11. The Morgan fingerprint density at radius 2 is 1.94 bits per heavy atom. The van der Waals surface area contributed by atoms with Crippen molar-refractivity contribution in [3.8, 4) is 5.75 Å². The Morgan fingerprint density at radius 3 is 2.44 bits per heavy atom. The minimum atomic E-state index is -1.03. The standard InChI is InChI=1S/C12H16O4/c1-8-4-3-5-9(2)12(8)16-7-10(13)6-11(14)15/h3-5,10,13H,6-7H2,1-2H3,(H,14,15). The molecule has 1 aromatic carbocycles. The van der Waals surface area contributed by atoms with Crippen LogP contribution in [0.5, 0.6) is 5.75 Å². The van der Waals surface area contributed by atoms with Crippen LogP contribution in [0.3, 0.4) is 0 Å². The van der Waals surface area contributed by atoms with Gasteiger partial charge in [-0.1, -0.05) is 18.2 Å². The molecule has 4 heteroatoms. The molecule has 88 valence electrons. The van der Waals surface area contributed by atoms with Crippen molar-refractivity contribution in [3.05, 3.63) is 29.3 Å². The second-order valence-electron chi connectivity index (χ2n) is 3.78. The number of hydrogen-bond acceptors (Lipinski definition) is 3. The predicted octanol–water partition coefficient (Wildman–Crippen LogP) is 1.52. The summed E-state index contributed by atoms with van der Waals surface area (Å²) in [4.78, 5) is 10.3. The van der Waals surface area contributed by atoms with E-state index in [0.29, 0.717) is 5.75 Å². The van der Waals surface area contributed by atoms with Gasteiger partial charge in [-0.25, -0.2) is 0 Å². The summed E-state index contributed by atoms with van der Waals surface area (Å²) in [7, 11) is 0. The molecule has 4 nitrogen and oxygen atoms in total. The van der Waals surface area contributed by atoms with Crippen LogP contribution in [-0.2, 0) is 4.79 Å². The first kappa shape index (κ1) is 12.5. The zero-order valence-electron chi connectivity index (χ0n) is 9.43. The zero-order chi connectivity index (χ0) is 12.1. The van der Waals surface area contributed by atoms with Gasteiger partial charge in [0.15, 0.2) is 0 Å². The van der Waals surface area contributed by atoms with Crippen molar-refractivity contribution in [2.75, 3.05) is 6.61 Å². The average molecular weight is 224 g/mol. The molecule has 0 saturated heterocycles. The molecule has 0 saturated carbocycles. The van der Waals surface area contributed by atoms with Crippen LogP contribution in [0.15, 0.2) is 18.2 Å². The molecular formula is C12H16O4. The molecule has 1 aromatic rings. The Morgan fingerprint density at radius 1 is 1.38 bits per heavy atom. The predicted molar refractivity (Wildman–Crippen MR) is 59.7 cm³/mol. The van der Waals surface area contributed by atoms with Crippen LogP contribution in [-0.4, -0.2) is 28.9 Å². The average Bonchev–Trinajstić information content (AvgIpc) is 2.15. The van der Waals surface area contributed by atoms with Gasteiger partial charge < -0.3 is 14.9 Å². The molecule has 0 aliphatic heterocycles. The van der Waals surface area contributed by atoms with E-state index in [1.165, 1.54) is 0 Å². The van der Waals surface area contributed by atoms with E-state index in [1.807, 2.05) is 32.0 Å². The molecule has 0 aliphatic carbocycles. The second-order valence-corrected chi connectivity index (χ2v) is 3.78. The highest BCUT2D eigenvalue weighted by Crippen LogP contribution is 2.22. The molecule has 0 radical (unpaired) electrons. The fraction of sp³-hybridized carbons (Fsp3) is 0.417. The molecule has 0 spiro atoms. The molecule has 1 atom stereocenters. The number of rotatable bonds is 5. The Bertz CT molecular complexity index is 353. The van der Waals surface area contributed by atoms with Gasteiger partial charge in [-0.15, -0.1) is 0 Å². The van der Waals surface area contributed by atoms with Crippen molar-refractivity contribution in [3.63, 3.8) is 0 Å². The van der Waals surface area contributed by atoms with Crippen molar-refractivity contribution < 1.29 is 19.7 Å². The summed E-state index contributed by atoms with van der Waals surface area (Å²) >= 11 is 0. The first-order valence-electron chi connectivity index (χ1n) is 5.09. The molecule has 0 aliphatic rings. The fourth-order valence-corrected chi connectivity index (χ4v) is 1.47. The minimum Gasteiger partial charge on any atom is -0.490 e. The van der Waals surface area contributed by atoms with Gasteiger partial charge >= 0.3 is 5.97 Å².